The highest BCUT2D eigenvalue weighted by atomic mass is 79.9. The predicted molar refractivity (Wildman–Crippen MR) is 89.7 cm³/mol. The monoisotopic (exact) mass is 405 g/mol. The molecule has 0 atom stereocenters. The zero-order chi connectivity index (χ0) is 17.1. The molecule has 1 aromatic rings. The second-order valence-corrected chi connectivity index (χ2v) is 8.52. The van der Waals surface area contributed by atoms with Crippen molar-refractivity contribution in [3.8, 4) is 0 Å². The van der Waals surface area contributed by atoms with Gasteiger partial charge in [0, 0.05) is 43.6 Å². The molecule has 1 saturated heterocycles. The van der Waals surface area contributed by atoms with Gasteiger partial charge in [0.25, 0.3) is 5.91 Å². The number of carbonyl (C=O) groups is 1. The Kier molecular flexibility index (Phi) is 5.77. The fraction of sp³-hybridized carbons (Fsp3) is 0.571. The van der Waals surface area contributed by atoms with Crippen molar-refractivity contribution in [2.24, 2.45) is 0 Å². The quantitative estimate of drug-likeness (QED) is 0.789. The standard InChI is InChI=1S/C14H20BrN3O4S/c1-22-14(3-5-18(6-4-14)23(2,20)21)10-17-13(19)11-7-12(15)9-16-8-11/h7-9H,3-6,10H2,1-2H3,(H,17,19). The van der Waals surface area contributed by atoms with Crippen LogP contribution in [0.4, 0.5) is 0 Å². The van der Waals surface area contributed by atoms with Gasteiger partial charge in [0.1, 0.15) is 0 Å². The van der Waals surface area contributed by atoms with Crippen LogP contribution >= 0.6 is 15.9 Å². The molecule has 1 amide bonds. The highest BCUT2D eigenvalue weighted by Crippen LogP contribution is 2.26. The van der Waals surface area contributed by atoms with Crippen LogP contribution < -0.4 is 5.32 Å². The molecule has 2 heterocycles. The van der Waals surface area contributed by atoms with Gasteiger partial charge in [-0.1, -0.05) is 0 Å². The maximum Gasteiger partial charge on any atom is 0.252 e. The topological polar surface area (TPSA) is 88.6 Å². The Hall–Kier alpha value is -1.03. The first-order valence-corrected chi connectivity index (χ1v) is 9.79. The smallest absolute Gasteiger partial charge is 0.252 e. The fourth-order valence-corrected chi connectivity index (χ4v) is 3.77. The Bertz CT molecular complexity index is 672. The molecule has 2 rings (SSSR count). The van der Waals surface area contributed by atoms with Crippen molar-refractivity contribution >= 4 is 31.9 Å². The molecule has 9 heteroatoms. The molecule has 0 aromatic carbocycles. The van der Waals surface area contributed by atoms with Gasteiger partial charge >= 0.3 is 0 Å². The summed E-state index contributed by atoms with van der Waals surface area (Å²) < 4.78 is 30.9. The molecule has 0 aliphatic carbocycles. The number of aromatic nitrogens is 1. The number of amides is 1. The van der Waals surface area contributed by atoms with E-state index >= 15 is 0 Å². The minimum Gasteiger partial charge on any atom is -0.376 e. The lowest BCUT2D eigenvalue weighted by molar-refractivity contribution is -0.0424. The summed E-state index contributed by atoms with van der Waals surface area (Å²) in [4.78, 5) is 16.1. The Morgan fingerprint density at radius 2 is 2.09 bits per heavy atom. The Morgan fingerprint density at radius 1 is 1.43 bits per heavy atom. The number of nitrogens with one attached hydrogen (secondary N) is 1. The van der Waals surface area contributed by atoms with E-state index in [9.17, 15) is 13.2 Å². The van der Waals surface area contributed by atoms with Gasteiger partial charge in [0.15, 0.2) is 0 Å². The van der Waals surface area contributed by atoms with Crippen molar-refractivity contribution in [1.29, 1.82) is 0 Å². The molecule has 0 saturated carbocycles. The number of nitrogens with zero attached hydrogens (tertiary/aromatic N) is 2. The summed E-state index contributed by atoms with van der Waals surface area (Å²) in [6, 6.07) is 1.69. The van der Waals surface area contributed by atoms with Crippen molar-refractivity contribution < 1.29 is 17.9 Å². The molecule has 0 bridgehead atoms. The van der Waals surface area contributed by atoms with Crippen LogP contribution in [0.25, 0.3) is 0 Å². The van der Waals surface area contributed by atoms with Crippen LogP contribution in [0.3, 0.4) is 0 Å². The van der Waals surface area contributed by atoms with E-state index in [1.807, 2.05) is 0 Å². The number of halogens is 1. The average Bonchev–Trinajstić information content (AvgIpc) is 2.52. The summed E-state index contributed by atoms with van der Waals surface area (Å²) in [6.45, 7) is 1.11. The molecule has 1 fully saturated rings. The third-order valence-electron chi connectivity index (χ3n) is 4.07. The first-order chi connectivity index (χ1) is 10.8. The molecule has 23 heavy (non-hydrogen) atoms. The summed E-state index contributed by atoms with van der Waals surface area (Å²) in [5.74, 6) is -0.235. The van der Waals surface area contributed by atoms with Crippen LogP contribution in [0.2, 0.25) is 0 Å². The third kappa shape index (κ3) is 4.72. The Balaban J connectivity index is 1.97. The number of carbonyl (C=O) groups excluding carboxylic acids is 1. The lowest BCUT2D eigenvalue weighted by atomic mass is 9.92. The minimum atomic E-state index is -3.19. The predicted octanol–water partition coefficient (Wildman–Crippen LogP) is 1.01. The van der Waals surface area contributed by atoms with Crippen LogP contribution in [0, 0.1) is 0 Å². The number of piperidine rings is 1. The lowest BCUT2D eigenvalue weighted by Crippen LogP contribution is -2.53. The molecule has 1 aromatic heterocycles. The number of hydrogen-bond donors (Lipinski definition) is 1. The van der Waals surface area contributed by atoms with E-state index in [2.05, 4.69) is 26.2 Å². The molecule has 1 N–H and O–H groups in total. The number of sulfonamides is 1. The van der Waals surface area contributed by atoms with Gasteiger partial charge in [-0.05, 0) is 34.8 Å². The first-order valence-electron chi connectivity index (χ1n) is 7.15. The molecule has 1 aliphatic heterocycles. The van der Waals surface area contributed by atoms with E-state index in [-0.39, 0.29) is 5.91 Å². The van der Waals surface area contributed by atoms with E-state index in [0.717, 1.165) is 4.47 Å². The third-order valence-corrected chi connectivity index (χ3v) is 5.81. The SMILES string of the molecule is COC1(CNC(=O)c2cncc(Br)c2)CCN(S(C)(=O)=O)CC1. The van der Waals surface area contributed by atoms with E-state index in [4.69, 9.17) is 4.74 Å². The zero-order valence-corrected chi connectivity index (χ0v) is 15.5. The molecule has 1 aliphatic rings. The Morgan fingerprint density at radius 3 is 2.61 bits per heavy atom. The molecule has 7 nitrogen and oxygen atoms in total. The van der Waals surface area contributed by atoms with E-state index in [0.29, 0.717) is 38.0 Å². The second kappa shape index (κ2) is 7.25. The summed E-state index contributed by atoms with van der Waals surface area (Å²) in [5, 5.41) is 2.85. The number of rotatable bonds is 5. The molecule has 0 unspecified atom stereocenters. The van der Waals surface area contributed by atoms with Crippen LogP contribution in [-0.4, -0.2) is 62.2 Å². The zero-order valence-electron chi connectivity index (χ0n) is 13.1. The number of ether oxygens (including phenoxy) is 1. The molecule has 128 valence electrons. The minimum absolute atomic E-state index is 0.235. The van der Waals surface area contributed by atoms with Crippen LogP contribution in [-0.2, 0) is 14.8 Å². The summed E-state index contributed by atoms with van der Waals surface area (Å²) in [7, 11) is -1.60. The fourth-order valence-electron chi connectivity index (χ4n) is 2.56. The van der Waals surface area contributed by atoms with Crippen molar-refractivity contribution in [3.63, 3.8) is 0 Å². The lowest BCUT2D eigenvalue weighted by Gasteiger charge is -2.39. The molecule has 0 radical (unpaired) electrons. The summed E-state index contributed by atoms with van der Waals surface area (Å²) in [5.41, 5.74) is -0.0878. The highest BCUT2D eigenvalue weighted by Gasteiger charge is 2.37. The number of methoxy groups -OCH3 is 1. The summed E-state index contributed by atoms with van der Waals surface area (Å²) >= 11 is 3.28. The first kappa shape index (κ1) is 18.3. The highest BCUT2D eigenvalue weighted by molar-refractivity contribution is 9.10. The summed E-state index contributed by atoms with van der Waals surface area (Å²) in [6.07, 6.45) is 5.37. The van der Waals surface area contributed by atoms with Crippen LogP contribution in [0.1, 0.15) is 23.2 Å². The maximum absolute atomic E-state index is 12.2. The van der Waals surface area contributed by atoms with Crippen LogP contribution in [0.5, 0.6) is 0 Å². The number of pyridine rings is 1. The molecular formula is C14H20BrN3O4S. The van der Waals surface area contributed by atoms with Crippen molar-refractivity contribution in [1.82, 2.24) is 14.6 Å². The van der Waals surface area contributed by atoms with Crippen molar-refractivity contribution in [2.45, 2.75) is 18.4 Å². The number of hydrogen-bond acceptors (Lipinski definition) is 5. The molecule has 0 spiro atoms. The Labute approximate surface area is 144 Å². The molecular weight excluding hydrogens is 386 g/mol. The van der Waals surface area contributed by atoms with Gasteiger partial charge in [-0.15, -0.1) is 0 Å². The van der Waals surface area contributed by atoms with Crippen LogP contribution in [0.15, 0.2) is 22.9 Å². The van der Waals surface area contributed by atoms with Crippen molar-refractivity contribution in [2.75, 3.05) is 33.0 Å². The van der Waals surface area contributed by atoms with Gasteiger partial charge in [0.05, 0.1) is 17.4 Å². The van der Waals surface area contributed by atoms with Gasteiger partial charge in [-0.25, -0.2) is 12.7 Å². The van der Waals surface area contributed by atoms with E-state index in [1.54, 1.807) is 19.4 Å². The van der Waals surface area contributed by atoms with Gasteiger partial charge in [-0.2, -0.15) is 0 Å². The largest absolute Gasteiger partial charge is 0.376 e. The second-order valence-electron chi connectivity index (χ2n) is 5.62. The average molecular weight is 406 g/mol. The van der Waals surface area contributed by atoms with E-state index in [1.165, 1.54) is 16.8 Å². The van der Waals surface area contributed by atoms with Gasteiger partial charge in [0.2, 0.25) is 10.0 Å². The van der Waals surface area contributed by atoms with Crippen molar-refractivity contribution in [3.05, 3.63) is 28.5 Å². The normalized spacial score (nSPS) is 18.6. The van der Waals surface area contributed by atoms with E-state index < -0.39 is 15.6 Å². The van der Waals surface area contributed by atoms with Gasteiger partial charge < -0.3 is 10.1 Å². The maximum atomic E-state index is 12.2. The van der Waals surface area contributed by atoms with Gasteiger partial charge in [-0.3, -0.25) is 9.78 Å².